The summed E-state index contributed by atoms with van der Waals surface area (Å²) in [5.41, 5.74) is 0.812. The molecular weight excluding hydrogens is 377 g/mol. The van der Waals surface area contributed by atoms with E-state index in [-0.39, 0.29) is 19.5 Å². The van der Waals surface area contributed by atoms with Gasteiger partial charge in [-0.1, -0.05) is 11.6 Å². The van der Waals surface area contributed by atoms with Gasteiger partial charge in [0.1, 0.15) is 5.52 Å². The number of rotatable bonds is 1. The van der Waals surface area contributed by atoms with Gasteiger partial charge < -0.3 is 4.74 Å². The zero-order chi connectivity index (χ0) is 10.1. The Hall–Kier alpha value is 0.0734. The first-order valence-electron chi connectivity index (χ1n) is 4.00. The third-order valence-electron chi connectivity index (χ3n) is 1.95. The molecule has 0 saturated carbocycles. The molecule has 0 N–H and O–H groups in total. The topological polar surface area (TPSA) is 22.1 Å². The number of pyridine rings is 1. The van der Waals surface area contributed by atoms with Crippen LogP contribution in [0.5, 0.6) is 5.75 Å². The van der Waals surface area contributed by atoms with Gasteiger partial charge in [-0.15, -0.1) is 0 Å². The SMILES string of the molecule is [11CH3]Oc1c(I)cc(Cl)c2cccnc12.[Zn+2]. The maximum atomic E-state index is 6.09. The second-order valence-corrected chi connectivity index (χ2v) is 4.34. The number of halogens is 2. The first-order chi connectivity index (χ1) is 6.74. The van der Waals surface area contributed by atoms with E-state index in [1.54, 1.807) is 13.3 Å². The first kappa shape index (κ1) is 13.1. The van der Waals surface area contributed by atoms with E-state index in [1.165, 1.54) is 0 Å². The smallest absolute Gasteiger partial charge is 0.493 e. The van der Waals surface area contributed by atoms with Gasteiger partial charge in [0, 0.05) is 11.6 Å². The van der Waals surface area contributed by atoms with Crippen molar-refractivity contribution in [3.05, 3.63) is 33.0 Å². The maximum absolute atomic E-state index is 6.09. The largest absolute Gasteiger partial charge is 2.00 e. The third kappa shape index (κ3) is 2.43. The number of aromatic nitrogens is 1. The van der Waals surface area contributed by atoms with Crippen molar-refractivity contribution < 1.29 is 24.2 Å². The van der Waals surface area contributed by atoms with Gasteiger partial charge in [0.15, 0.2) is 5.75 Å². The van der Waals surface area contributed by atoms with Crippen molar-refractivity contribution in [2.75, 3.05) is 7.11 Å². The Balaban J connectivity index is 0.00000112. The summed E-state index contributed by atoms with van der Waals surface area (Å²) in [4.78, 5) is 4.26. The van der Waals surface area contributed by atoms with Crippen molar-refractivity contribution in [3.63, 3.8) is 0 Å². The molecule has 0 unspecified atom stereocenters. The molecule has 2 aromatic rings. The molecule has 0 aliphatic heterocycles. The molecule has 0 radical (unpaired) electrons. The van der Waals surface area contributed by atoms with Crippen LogP contribution in [0.2, 0.25) is 5.02 Å². The fraction of sp³-hybridized carbons (Fsp3) is 0.100. The molecule has 72 valence electrons. The van der Waals surface area contributed by atoms with E-state index in [1.807, 2.05) is 18.2 Å². The molecule has 0 spiro atoms. The molecular formula is C10H7ClINOZn+2. The molecule has 0 fully saturated rings. The van der Waals surface area contributed by atoms with E-state index in [2.05, 4.69) is 27.6 Å². The van der Waals surface area contributed by atoms with Crippen molar-refractivity contribution in [2.24, 2.45) is 0 Å². The molecule has 0 aliphatic rings. The predicted molar refractivity (Wildman–Crippen MR) is 66.0 cm³/mol. The van der Waals surface area contributed by atoms with E-state index >= 15 is 0 Å². The number of hydrogen-bond donors (Lipinski definition) is 0. The van der Waals surface area contributed by atoms with Crippen LogP contribution in [0, 0.1) is 3.57 Å². The Morgan fingerprint density at radius 1 is 1.47 bits per heavy atom. The molecule has 2 nitrogen and oxygen atoms in total. The summed E-state index contributed by atoms with van der Waals surface area (Å²) < 4.78 is 6.26. The van der Waals surface area contributed by atoms with Gasteiger partial charge in [-0.25, -0.2) is 0 Å². The van der Waals surface area contributed by atoms with Gasteiger partial charge in [-0.2, -0.15) is 0 Å². The number of ether oxygens (including phenoxy) is 1. The van der Waals surface area contributed by atoms with E-state index < -0.39 is 0 Å². The normalized spacial score (nSPS) is 9.80. The standard InChI is InChI=1S/C10H7ClINO.Zn/c1-14-10-8(12)5-7(11)6-3-2-4-13-9(6)10;/h2-5H,1H3;/q;+2/i1-1;. The summed E-state index contributed by atoms with van der Waals surface area (Å²) >= 11 is 8.28. The number of hydrogen-bond acceptors (Lipinski definition) is 2. The zero-order valence-electron chi connectivity index (χ0n) is 8.13. The van der Waals surface area contributed by atoms with Crippen molar-refractivity contribution in [1.29, 1.82) is 0 Å². The Morgan fingerprint density at radius 3 is 2.87 bits per heavy atom. The Morgan fingerprint density at radius 2 is 2.20 bits per heavy atom. The minimum Gasteiger partial charge on any atom is -0.493 e. The molecule has 1 heterocycles. The number of benzene rings is 1. The minimum atomic E-state index is 0. The van der Waals surface area contributed by atoms with E-state index in [9.17, 15) is 0 Å². The number of methoxy groups -OCH3 is 1. The van der Waals surface area contributed by atoms with Crippen LogP contribution >= 0.6 is 34.2 Å². The molecule has 0 bridgehead atoms. The predicted octanol–water partition coefficient (Wildman–Crippen LogP) is 3.50. The summed E-state index contributed by atoms with van der Waals surface area (Å²) in [7, 11) is 1.64. The van der Waals surface area contributed by atoms with E-state index in [0.717, 1.165) is 20.2 Å². The number of fused-ring (bicyclic) bond motifs is 1. The summed E-state index contributed by atoms with van der Waals surface area (Å²) in [5, 5.41) is 1.63. The van der Waals surface area contributed by atoms with Crippen LogP contribution in [-0.4, -0.2) is 12.1 Å². The second-order valence-electron chi connectivity index (χ2n) is 2.77. The second kappa shape index (κ2) is 5.42. The summed E-state index contributed by atoms with van der Waals surface area (Å²) in [6.45, 7) is 0. The minimum absolute atomic E-state index is 0. The molecule has 0 amide bonds. The molecule has 5 heteroatoms. The molecule has 0 atom stereocenters. The summed E-state index contributed by atoms with van der Waals surface area (Å²) in [6, 6.07) is 5.68. The Kier molecular flexibility index (Phi) is 4.74. The van der Waals surface area contributed by atoms with Crippen LogP contribution < -0.4 is 4.74 Å². The molecule has 15 heavy (non-hydrogen) atoms. The summed E-state index contributed by atoms with van der Waals surface area (Å²) in [5.74, 6) is 0.783. The van der Waals surface area contributed by atoms with Gasteiger partial charge in [0.2, 0.25) is 0 Å². The maximum Gasteiger partial charge on any atom is 2.00 e. The molecule has 1 aromatic heterocycles. The first-order valence-corrected chi connectivity index (χ1v) is 5.46. The van der Waals surface area contributed by atoms with Crippen LogP contribution in [0.25, 0.3) is 10.9 Å². The Labute approximate surface area is 119 Å². The van der Waals surface area contributed by atoms with Crippen molar-refractivity contribution in [2.45, 2.75) is 0 Å². The van der Waals surface area contributed by atoms with Crippen LogP contribution in [0.3, 0.4) is 0 Å². The average molecular weight is 384 g/mol. The van der Waals surface area contributed by atoms with Crippen LogP contribution in [-0.2, 0) is 19.5 Å². The number of nitrogens with zero attached hydrogens (tertiary/aromatic N) is 1. The molecule has 1 aromatic carbocycles. The van der Waals surface area contributed by atoms with Crippen LogP contribution in [0.1, 0.15) is 0 Å². The van der Waals surface area contributed by atoms with E-state index in [4.69, 9.17) is 16.3 Å². The average Bonchev–Trinajstić information content (AvgIpc) is 2.18. The molecule has 0 aliphatic carbocycles. The zero-order valence-corrected chi connectivity index (χ0v) is 14.0. The van der Waals surface area contributed by atoms with Gasteiger partial charge in [0.25, 0.3) is 0 Å². The fourth-order valence-corrected chi connectivity index (χ4v) is 2.57. The Bertz CT molecular complexity index is 492. The third-order valence-corrected chi connectivity index (χ3v) is 3.07. The van der Waals surface area contributed by atoms with Gasteiger partial charge in [-0.3, -0.25) is 4.98 Å². The van der Waals surface area contributed by atoms with Crippen LogP contribution in [0.15, 0.2) is 24.4 Å². The van der Waals surface area contributed by atoms with Gasteiger partial charge in [0.05, 0.1) is 15.7 Å². The van der Waals surface area contributed by atoms with Crippen molar-refractivity contribution in [3.8, 4) is 5.75 Å². The van der Waals surface area contributed by atoms with Crippen molar-refractivity contribution >= 4 is 45.1 Å². The molecule has 0 saturated heterocycles. The van der Waals surface area contributed by atoms with Crippen LogP contribution in [0.4, 0.5) is 0 Å². The van der Waals surface area contributed by atoms with E-state index in [0.29, 0.717) is 5.02 Å². The monoisotopic (exact) mass is 382 g/mol. The van der Waals surface area contributed by atoms with Crippen molar-refractivity contribution in [1.82, 2.24) is 4.98 Å². The van der Waals surface area contributed by atoms with Gasteiger partial charge >= 0.3 is 19.5 Å². The quantitative estimate of drug-likeness (QED) is 0.555. The molecule has 2 rings (SSSR count). The summed E-state index contributed by atoms with van der Waals surface area (Å²) in [6.07, 6.45) is 1.73. The fourth-order valence-electron chi connectivity index (χ4n) is 1.34. The van der Waals surface area contributed by atoms with Gasteiger partial charge in [-0.05, 0) is 40.8 Å².